The Morgan fingerprint density at radius 2 is 1.75 bits per heavy atom. The molecule has 0 aliphatic carbocycles. The van der Waals surface area contributed by atoms with Crippen LogP contribution in [0.2, 0.25) is 10.0 Å². The molecule has 106 valence electrons. The van der Waals surface area contributed by atoms with Gasteiger partial charge in [-0.25, -0.2) is 0 Å². The number of rotatable bonds is 6. The van der Waals surface area contributed by atoms with E-state index in [4.69, 9.17) is 33.7 Å². The third-order valence-corrected chi connectivity index (χ3v) is 6.58. The normalized spacial score (nSPS) is 12.4. The summed E-state index contributed by atoms with van der Waals surface area (Å²) in [6.45, 7) is 0. The monoisotopic (exact) mass is 330 g/mol. The second-order valence-corrected chi connectivity index (χ2v) is 8.39. The molecule has 1 N–H and O–H groups in total. The Labute approximate surface area is 127 Å². The largest absolute Gasteiger partial charge is 0.381 e. The van der Waals surface area contributed by atoms with Gasteiger partial charge in [-0.05, 0) is 12.1 Å². The maximum absolute atomic E-state index is 12.8. The van der Waals surface area contributed by atoms with Crippen LogP contribution in [0.1, 0.15) is 24.3 Å². The van der Waals surface area contributed by atoms with Gasteiger partial charge in [-0.15, -0.1) is 0 Å². The highest BCUT2D eigenvalue weighted by Crippen LogP contribution is 2.59. The second kappa shape index (κ2) is 7.67. The summed E-state index contributed by atoms with van der Waals surface area (Å²) in [5.74, 6) is -1.28. The van der Waals surface area contributed by atoms with Crippen LogP contribution in [0.25, 0.3) is 0 Å². The SMILES string of the molecule is N#CCCP(=O)(CCC#N)C(O)c1ccc(Cl)cc1Cl. The van der Waals surface area contributed by atoms with Crippen molar-refractivity contribution >= 4 is 30.3 Å². The van der Waals surface area contributed by atoms with Crippen molar-refractivity contribution in [3.05, 3.63) is 33.8 Å². The Kier molecular flexibility index (Phi) is 6.53. The highest BCUT2D eigenvalue weighted by molar-refractivity contribution is 7.64. The topological polar surface area (TPSA) is 84.9 Å². The molecule has 0 aromatic heterocycles. The lowest BCUT2D eigenvalue weighted by molar-refractivity contribution is 0.253. The molecule has 1 aromatic rings. The van der Waals surface area contributed by atoms with Gasteiger partial charge in [0.2, 0.25) is 0 Å². The quantitative estimate of drug-likeness (QED) is 0.793. The van der Waals surface area contributed by atoms with E-state index in [9.17, 15) is 9.67 Å². The minimum absolute atomic E-state index is 0.0605. The first-order chi connectivity index (χ1) is 9.44. The molecule has 0 radical (unpaired) electrons. The van der Waals surface area contributed by atoms with Crippen molar-refractivity contribution in [1.82, 2.24) is 0 Å². The molecule has 0 heterocycles. The molecule has 4 nitrogen and oxygen atoms in total. The number of aliphatic hydroxyl groups is 1. The minimum atomic E-state index is -3.12. The van der Waals surface area contributed by atoms with Crippen LogP contribution >= 0.6 is 30.3 Å². The lowest BCUT2D eigenvalue weighted by Gasteiger charge is -2.23. The molecular weight excluding hydrogens is 318 g/mol. The predicted molar refractivity (Wildman–Crippen MR) is 79.2 cm³/mol. The van der Waals surface area contributed by atoms with Crippen molar-refractivity contribution in [2.75, 3.05) is 12.3 Å². The molecule has 0 bridgehead atoms. The number of hydrogen-bond acceptors (Lipinski definition) is 4. The summed E-state index contributed by atoms with van der Waals surface area (Å²) in [4.78, 5) is 0. The van der Waals surface area contributed by atoms with Crippen LogP contribution in [-0.4, -0.2) is 17.4 Å². The molecule has 7 heteroatoms. The van der Waals surface area contributed by atoms with E-state index in [1.165, 1.54) is 12.1 Å². The van der Waals surface area contributed by atoms with E-state index in [2.05, 4.69) is 0 Å². The smallest absolute Gasteiger partial charge is 0.133 e. The van der Waals surface area contributed by atoms with Crippen LogP contribution in [0.4, 0.5) is 0 Å². The van der Waals surface area contributed by atoms with E-state index >= 15 is 0 Å². The molecular formula is C13H13Cl2N2O2P. The van der Waals surface area contributed by atoms with E-state index in [0.717, 1.165) is 0 Å². The third kappa shape index (κ3) is 4.23. The molecule has 1 atom stereocenters. The maximum atomic E-state index is 12.8. The first-order valence-electron chi connectivity index (χ1n) is 5.89. The standard InChI is InChI=1S/C13H13Cl2N2O2P/c14-10-3-4-11(12(15)9-10)13(18)20(19,7-1-5-16)8-2-6-17/h3-4,9,13,18H,1-2,7-8H2. The average molecular weight is 331 g/mol. The van der Waals surface area contributed by atoms with Crippen molar-refractivity contribution < 1.29 is 9.67 Å². The van der Waals surface area contributed by atoms with Gasteiger partial charge >= 0.3 is 0 Å². The lowest BCUT2D eigenvalue weighted by Crippen LogP contribution is -2.07. The van der Waals surface area contributed by atoms with Gasteiger partial charge in [0, 0.05) is 40.8 Å². The van der Waals surface area contributed by atoms with Crippen LogP contribution in [0.5, 0.6) is 0 Å². The fourth-order valence-electron chi connectivity index (χ4n) is 1.80. The molecule has 0 saturated heterocycles. The van der Waals surface area contributed by atoms with E-state index < -0.39 is 13.0 Å². The molecule has 0 fully saturated rings. The Balaban J connectivity index is 3.10. The lowest BCUT2D eigenvalue weighted by atomic mass is 10.2. The number of aliphatic hydroxyl groups excluding tert-OH is 1. The number of hydrogen-bond donors (Lipinski definition) is 1. The Bertz CT molecular complexity index is 585. The Morgan fingerprint density at radius 1 is 1.20 bits per heavy atom. The van der Waals surface area contributed by atoms with Gasteiger partial charge in [0.1, 0.15) is 13.0 Å². The first-order valence-corrected chi connectivity index (χ1v) is 8.79. The first kappa shape index (κ1) is 17.0. The van der Waals surface area contributed by atoms with Gasteiger partial charge in [-0.2, -0.15) is 10.5 Å². The van der Waals surface area contributed by atoms with E-state index in [1.807, 2.05) is 12.1 Å². The van der Waals surface area contributed by atoms with Gasteiger partial charge in [-0.3, -0.25) is 0 Å². The van der Waals surface area contributed by atoms with Crippen LogP contribution in [0.15, 0.2) is 18.2 Å². The number of benzene rings is 1. The number of nitriles is 2. The molecule has 0 aliphatic heterocycles. The van der Waals surface area contributed by atoms with Crippen molar-refractivity contribution in [2.45, 2.75) is 18.7 Å². The molecule has 0 spiro atoms. The summed E-state index contributed by atoms with van der Waals surface area (Å²) in [6.07, 6.45) is 0.243. The fraction of sp³-hybridized carbons (Fsp3) is 0.385. The molecule has 0 amide bonds. The van der Waals surface area contributed by atoms with Crippen molar-refractivity contribution in [3.63, 3.8) is 0 Å². The number of halogens is 2. The second-order valence-electron chi connectivity index (χ2n) is 4.26. The van der Waals surface area contributed by atoms with Crippen molar-refractivity contribution in [1.29, 1.82) is 10.5 Å². The summed E-state index contributed by atoms with van der Waals surface area (Å²) in [7, 11) is -3.12. The van der Waals surface area contributed by atoms with Gasteiger partial charge < -0.3 is 9.67 Å². The third-order valence-electron chi connectivity index (χ3n) is 2.89. The molecule has 20 heavy (non-hydrogen) atoms. The average Bonchev–Trinajstić information content (AvgIpc) is 2.42. The summed E-state index contributed by atoms with van der Waals surface area (Å²) < 4.78 is 12.8. The minimum Gasteiger partial charge on any atom is -0.381 e. The van der Waals surface area contributed by atoms with Crippen molar-refractivity contribution in [2.24, 2.45) is 0 Å². The zero-order chi connectivity index (χ0) is 15.2. The van der Waals surface area contributed by atoms with E-state index in [0.29, 0.717) is 10.6 Å². The molecule has 1 rings (SSSR count). The van der Waals surface area contributed by atoms with Gasteiger partial charge in [0.05, 0.1) is 12.1 Å². The van der Waals surface area contributed by atoms with Crippen LogP contribution < -0.4 is 0 Å². The molecule has 1 aromatic carbocycles. The highest BCUT2D eigenvalue weighted by Gasteiger charge is 2.33. The summed E-state index contributed by atoms with van der Waals surface area (Å²) in [5, 5.41) is 28.3. The van der Waals surface area contributed by atoms with Gasteiger partial charge in [-0.1, -0.05) is 29.3 Å². The molecule has 0 aliphatic rings. The van der Waals surface area contributed by atoms with Gasteiger partial charge in [0.25, 0.3) is 0 Å². The van der Waals surface area contributed by atoms with Gasteiger partial charge in [0.15, 0.2) is 0 Å². The molecule has 0 saturated carbocycles. The fourth-order valence-corrected chi connectivity index (χ4v) is 4.79. The zero-order valence-electron chi connectivity index (χ0n) is 10.6. The van der Waals surface area contributed by atoms with Crippen LogP contribution in [0, 0.1) is 22.7 Å². The van der Waals surface area contributed by atoms with Crippen LogP contribution in [0.3, 0.4) is 0 Å². The van der Waals surface area contributed by atoms with E-state index in [-0.39, 0.29) is 30.2 Å². The Hall–Kier alpha value is -1.03. The maximum Gasteiger partial charge on any atom is 0.133 e. The Morgan fingerprint density at radius 3 is 2.20 bits per heavy atom. The summed E-state index contributed by atoms with van der Waals surface area (Å²) in [6, 6.07) is 8.34. The van der Waals surface area contributed by atoms with Crippen molar-refractivity contribution in [3.8, 4) is 12.1 Å². The van der Waals surface area contributed by atoms with E-state index in [1.54, 1.807) is 6.07 Å². The molecule has 1 unspecified atom stereocenters. The summed E-state index contributed by atoms with van der Waals surface area (Å²) in [5.41, 5.74) is 0.315. The highest BCUT2D eigenvalue weighted by atomic mass is 35.5. The predicted octanol–water partition coefficient (Wildman–Crippen LogP) is 4.17. The number of nitrogens with zero attached hydrogens (tertiary/aromatic N) is 2. The van der Waals surface area contributed by atoms with Crippen LogP contribution in [-0.2, 0) is 4.57 Å². The summed E-state index contributed by atoms with van der Waals surface area (Å²) >= 11 is 11.8. The zero-order valence-corrected chi connectivity index (χ0v) is 13.0.